The van der Waals surface area contributed by atoms with Crippen LogP contribution in [0.3, 0.4) is 0 Å². The van der Waals surface area contributed by atoms with E-state index in [0.717, 1.165) is 35.9 Å². The van der Waals surface area contributed by atoms with Gasteiger partial charge >= 0.3 is 0 Å². The topological polar surface area (TPSA) is 64.0 Å². The van der Waals surface area contributed by atoms with Gasteiger partial charge < -0.3 is 5.32 Å². The smallest absolute Gasteiger partial charge is 0.263 e. The van der Waals surface area contributed by atoms with Crippen LogP contribution in [0.5, 0.6) is 0 Å². The van der Waals surface area contributed by atoms with Crippen LogP contribution in [0, 0.1) is 5.82 Å². The summed E-state index contributed by atoms with van der Waals surface area (Å²) in [4.78, 5) is 32.2. The molecule has 0 spiro atoms. The van der Waals surface area contributed by atoms with Crippen LogP contribution in [-0.2, 0) is 24.2 Å². The molecule has 2 heterocycles. The highest BCUT2D eigenvalue weighted by molar-refractivity contribution is 7.99. The van der Waals surface area contributed by atoms with E-state index in [4.69, 9.17) is 4.98 Å². The molecule has 1 aliphatic rings. The van der Waals surface area contributed by atoms with Gasteiger partial charge in [-0.1, -0.05) is 18.7 Å². The van der Waals surface area contributed by atoms with E-state index in [-0.39, 0.29) is 23.0 Å². The molecule has 28 heavy (non-hydrogen) atoms. The number of anilines is 1. The number of hydrogen-bond donors (Lipinski definition) is 1. The number of nitrogens with one attached hydrogen (secondary N) is 1. The standard InChI is InChI=1S/C20H20FN3O2S2/c1-2-10-24-19(26)17-14-4-3-5-15(14)28-18(17)23-20(24)27-11-16(25)22-13-8-6-12(21)7-9-13/h6-9H,2-5,10-11H2,1H3,(H,22,25). The van der Waals surface area contributed by atoms with Crippen LogP contribution in [-0.4, -0.2) is 21.2 Å². The van der Waals surface area contributed by atoms with Gasteiger partial charge in [0.15, 0.2) is 5.16 Å². The molecular formula is C20H20FN3O2S2. The molecule has 8 heteroatoms. The lowest BCUT2D eigenvalue weighted by atomic mass is 10.2. The van der Waals surface area contributed by atoms with E-state index < -0.39 is 0 Å². The Labute approximate surface area is 170 Å². The molecule has 0 unspecified atom stereocenters. The molecule has 0 saturated heterocycles. The van der Waals surface area contributed by atoms with Crippen LogP contribution < -0.4 is 10.9 Å². The number of rotatable bonds is 6. The first-order valence-electron chi connectivity index (χ1n) is 9.30. The summed E-state index contributed by atoms with van der Waals surface area (Å²) in [5.74, 6) is -0.441. The minimum Gasteiger partial charge on any atom is -0.325 e. The lowest BCUT2D eigenvalue weighted by Crippen LogP contribution is -2.24. The number of halogens is 1. The number of thioether (sulfide) groups is 1. The van der Waals surface area contributed by atoms with E-state index in [1.165, 1.54) is 46.5 Å². The van der Waals surface area contributed by atoms with Crippen LogP contribution in [0.4, 0.5) is 10.1 Å². The molecule has 0 fully saturated rings. The van der Waals surface area contributed by atoms with Crippen molar-refractivity contribution in [2.24, 2.45) is 0 Å². The Balaban J connectivity index is 1.57. The highest BCUT2D eigenvalue weighted by Gasteiger charge is 2.23. The Morgan fingerprint density at radius 3 is 2.86 bits per heavy atom. The molecule has 0 radical (unpaired) electrons. The van der Waals surface area contributed by atoms with Crippen molar-refractivity contribution in [1.29, 1.82) is 0 Å². The molecule has 1 N–H and O–H groups in total. The van der Waals surface area contributed by atoms with Crippen molar-refractivity contribution in [3.8, 4) is 0 Å². The highest BCUT2D eigenvalue weighted by Crippen LogP contribution is 2.35. The SMILES string of the molecule is CCCn1c(SCC(=O)Nc2ccc(F)cc2)nc2sc3c(c2c1=O)CCC3. The average molecular weight is 418 g/mol. The molecule has 1 amide bonds. The first-order chi connectivity index (χ1) is 13.6. The summed E-state index contributed by atoms with van der Waals surface area (Å²) in [6.07, 6.45) is 3.89. The van der Waals surface area contributed by atoms with Gasteiger partial charge in [0.2, 0.25) is 5.91 Å². The summed E-state index contributed by atoms with van der Waals surface area (Å²) < 4.78 is 14.7. The zero-order valence-electron chi connectivity index (χ0n) is 15.5. The fraction of sp³-hybridized carbons (Fsp3) is 0.350. The van der Waals surface area contributed by atoms with Crippen molar-refractivity contribution in [1.82, 2.24) is 9.55 Å². The number of aromatic nitrogens is 2. The van der Waals surface area contributed by atoms with Crippen LogP contribution in [0.2, 0.25) is 0 Å². The molecule has 3 aromatic rings. The Kier molecular flexibility index (Phi) is 5.50. The third-order valence-electron chi connectivity index (χ3n) is 4.70. The number of benzene rings is 1. The number of nitrogens with zero attached hydrogens (tertiary/aromatic N) is 2. The molecule has 2 aromatic heterocycles. The van der Waals surface area contributed by atoms with E-state index in [2.05, 4.69) is 5.32 Å². The van der Waals surface area contributed by atoms with Gasteiger partial charge in [-0.15, -0.1) is 11.3 Å². The molecule has 0 bridgehead atoms. The number of aryl methyl sites for hydroxylation is 2. The average Bonchev–Trinajstić information content (AvgIpc) is 3.25. The maximum atomic E-state index is 13.1. The lowest BCUT2D eigenvalue weighted by molar-refractivity contribution is -0.113. The molecule has 4 rings (SSSR count). The number of amides is 1. The Bertz CT molecular complexity index is 1090. The fourth-order valence-corrected chi connectivity index (χ4v) is 5.58. The van der Waals surface area contributed by atoms with Crippen LogP contribution in [0.25, 0.3) is 10.2 Å². The number of hydrogen-bond acceptors (Lipinski definition) is 5. The van der Waals surface area contributed by atoms with Crippen molar-refractivity contribution in [3.63, 3.8) is 0 Å². The second-order valence-corrected chi connectivity index (χ2v) is 8.76. The largest absolute Gasteiger partial charge is 0.325 e. The summed E-state index contributed by atoms with van der Waals surface area (Å²) >= 11 is 2.87. The summed E-state index contributed by atoms with van der Waals surface area (Å²) in [7, 11) is 0. The highest BCUT2D eigenvalue weighted by atomic mass is 32.2. The molecular weight excluding hydrogens is 397 g/mol. The van der Waals surface area contributed by atoms with E-state index in [1.807, 2.05) is 6.92 Å². The summed E-state index contributed by atoms with van der Waals surface area (Å²) in [6.45, 7) is 2.60. The predicted molar refractivity (Wildman–Crippen MR) is 112 cm³/mol. The number of carbonyl (C=O) groups is 1. The lowest BCUT2D eigenvalue weighted by Gasteiger charge is -2.11. The van der Waals surface area contributed by atoms with Gasteiger partial charge in [0.05, 0.1) is 11.1 Å². The zero-order chi connectivity index (χ0) is 19.7. The molecule has 1 aromatic carbocycles. The van der Waals surface area contributed by atoms with Crippen molar-refractivity contribution in [2.45, 2.75) is 44.3 Å². The minimum atomic E-state index is -0.351. The minimum absolute atomic E-state index is 0.00712. The normalized spacial score (nSPS) is 13.1. The first kappa shape index (κ1) is 19.1. The third kappa shape index (κ3) is 3.71. The van der Waals surface area contributed by atoms with Gasteiger partial charge in [0.1, 0.15) is 10.6 Å². The molecule has 0 atom stereocenters. The maximum absolute atomic E-state index is 13.1. The summed E-state index contributed by atoms with van der Waals surface area (Å²) in [5.41, 5.74) is 1.72. The third-order valence-corrected chi connectivity index (χ3v) is 6.86. The monoisotopic (exact) mass is 417 g/mol. The van der Waals surface area contributed by atoms with Crippen molar-refractivity contribution in [2.75, 3.05) is 11.1 Å². The molecule has 1 aliphatic carbocycles. The van der Waals surface area contributed by atoms with Gasteiger partial charge in [-0.3, -0.25) is 14.2 Å². The second kappa shape index (κ2) is 8.05. The van der Waals surface area contributed by atoms with Gasteiger partial charge in [0.25, 0.3) is 5.56 Å². The molecule has 146 valence electrons. The van der Waals surface area contributed by atoms with Gasteiger partial charge in [-0.05, 0) is 55.5 Å². The number of carbonyl (C=O) groups excluding carboxylic acids is 1. The van der Waals surface area contributed by atoms with E-state index >= 15 is 0 Å². The van der Waals surface area contributed by atoms with Crippen molar-refractivity contribution < 1.29 is 9.18 Å². The Hall–Kier alpha value is -2.19. The number of fused-ring (bicyclic) bond motifs is 3. The summed E-state index contributed by atoms with van der Waals surface area (Å²) in [6, 6.07) is 5.63. The molecule has 0 saturated carbocycles. The maximum Gasteiger partial charge on any atom is 0.263 e. The van der Waals surface area contributed by atoms with Crippen LogP contribution in [0.1, 0.15) is 30.2 Å². The zero-order valence-corrected chi connectivity index (χ0v) is 17.1. The quantitative estimate of drug-likeness (QED) is 0.482. The van der Waals surface area contributed by atoms with E-state index in [9.17, 15) is 14.0 Å². The fourth-order valence-electron chi connectivity index (χ4n) is 3.45. The van der Waals surface area contributed by atoms with Crippen LogP contribution >= 0.6 is 23.1 Å². The number of thiophene rings is 1. The van der Waals surface area contributed by atoms with E-state index in [0.29, 0.717) is 17.4 Å². The van der Waals surface area contributed by atoms with Gasteiger partial charge in [-0.2, -0.15) is 0 Å². The second-order valence-electron chi connectivity index (χ2n) is 6.73. The van der Waals surface area contributed by atoms with Gasteiger partial charge in [0, 0.05) is 17.1 Å². The predicted octanol–water partition coefficient (Wildman–Crippen LogP) is 4.23. The Morgan fingerprint density at radius 1 is 1.32 bits per heavy atom. The molecule has 5 nitrogen and oxygen atoms in total. The Morgan fingerprint density at radius 2 is 2.11 bits per heavy atom. The van der Waals surface area contributed by atoms with E-state index in [1.54, 1.807) is 15.9 Å². The first-order valence-corrected chi connectivity index (χ1v) is 11.1. The van der Waals surface area contributed by atoms with Crippen LogP contribution in [0.15, 0.2) is 34.2 Å². The van der Waals surface area contributed by atoms with Gasteiger partial charge in [-0.25, -0.2) is 9.37 Å². The molecule has 0 aliphatic heterocycles. The summed E-state index contributed by atoms with van der Waals surface area (Å²) in [5, 5.41) is 4.08. The van der Waals surface area contributed by atoms with Crippen molar-refractivity contribution in [3.05, 3.63) is 50.9 Å². The van der Waals surface area contributed by atoms with Crippen molar-refractivity contribution >= 4 is 44.9 Å².